The van der Waals surface area contributed by atoms with Crippen molar-refractivity contribution in [2.24, 2.45) is 0 Å². The lowest BCUT2D eigenvalue weighted by atomic mass is 10.0. The lowest BCUT2D eigenvalue weighted by molar-refractivity contribution is 0.298. The molecule has 1 aromatic heterocycles. The summed E-state index contributed by atoms with van der Waals surface area (Å²) in [6, 6.07) is 15.5. The summed E-state index contributed by atoms with van der Waals surface area (Å²) < 4.78 is 43.5. The molecule has 0 radical (unpaired) electrons. The van der Waals surface area contributed by atoms with Crippen LogP contribution in [0.25, 0.3) is 0 Å². The van der Waals surface area contributed by atoms with Crippen LogP contribution in [-0.2, 0) is 16.6 Å². The van der Waals surface area contributed by atoms with Gasteiger partial charge in [-0.15, -0.1) is 0 Å². The average Bonchev–Trinajstić information content (AvgIpc) is 3.10. The highest BCUT2D eigenvalue weighted by molar-refractivity contribution is 7.89. The third-order valence-electron chi connectivity index (χ3n) is 4.58. The summed E-state index contributed by atoms with van der Waals surface area (Å²) in [6.45, 7) is 0.873. The van der Waals surface area contributed by atoms with E-state index in [0.717, 1.165) is 11.3 Å². The first-order chi connectivity index (χ1) is 12.5. The molecule has 0 saturated heterocycles. The van der Waals surface area contributed by atoms with E-state index in [-0.39, 0.29) is 10.7 Å². The van der Waals surface area contributed by atoms with Crippen molar-refractivity contribution >= 4 is 21.6 Å². The van der Waals surface area contributed by atoms with Crippen molar-refractivity contribution < 1.29 is 12.8 Å². The van der Waals surface area contributed by atoms with Gasteiger partial charge in [-0.05, 0) is 48.0 Å². The van der Waals surface area contributed by atoms with Gasteiger partial charge < -0.3 is 4.57 Å². The van der Waals surface area contributed by atoms with Crippen LogP contribution in [0.3, 0.4) is 0 Å². The molecule has 0 unspecified atom stereocenters. The van der Waals surface area contributed by atoms with Crippen LogP contribution in [0.2, 0.25) is 5.02 Å². The first kappa shape index (κ1) is 17.3. The van der Waals surface area contributed by atoms with Crippen LogP contribution in [-0.4, -0.2) is 23.8 Å². The smallest absolute Gasteiger partial charge is 0.244 e. The summed E-state index contributed by atoms with van der Waals surface area (Å²) in [5.74, 6) is -0.357. The lowest BCUT2D eigenvalue weighted by Crippen LogP contribution is -2.42. The first-order valence-corrected chi connectivity index (χ1v) is 9.96. The Morgan fingerprint density at radius 3 is 2.50 bits per heavy atom. The number of hydrogen-bond acceptors (Lipinski definition) is 2. The van der Waals surface area contributed by atoms with E-state index in [1.807, 2.05) is 22.9 Å². The van der Waals surface area contributed by atoms with Gasteiger partial charge in [0.2, 0.25) is 10.0 Å². The Labute approximate surface area is 156 Å². The molecule has 4 rings (SSSR count). The fourth-order valence-corrected chi connectivity index (χ4v) is 5.25. The van der Waals surface area contributed by atoms with Crippen LogP contribution >= 0.6 is 11.6 Å². The van der Waals surface area contributed by atoms with Crippen molar-refractivity contribution in [3.63, 3.8) is 0 Å². The number of fused-ring (bicyclic) bond motifs is 1. The monoisotopic (exact) mass is 390 g/mol. The third kappa shape index (κ3) is 2.94. The molecule has 0 aliphatic carbocycles. The number of halogens is 2. The van der Waals surface area contributed by atoms with Gasteiger partial charge in [0.05, 0.1) is 10.9 Å². The molecule has 0 bridgehead atoms. The lowest BCUT2D eigenvalue weighted by Gasteiger charge is -2.36. The Kier molecular flexibility index (Phi) is 4.34. The number of rotatable bonds is 3. The van der Waals surface area contributed by atoms with E-state index >= 15 is 0 Å². The molecule has 0 saturated carbocycles. The second kappa shape index (κ2) is 6.54. The minimum atomic E-state index is -3.77. The molecule has 0 amide bonds. The fraction of sp³-hybridized carbons (Fsp3) is 0.158. The number of nitrogens with zero attached hydrogens (tertiary/aromatic N) is 2. The van der Waals surface area contributed by atoms with Gasteiger partial charge in [-0.25, -0.2) is 12.8 Å². The van der Waals surface area contributed by atoms with Gasteiger partial charge in [0.25, 0.3) is 0 Å². The van der Waals surface area contributed by atoms with Crippen LogP contribution in [0.1, 0.15) is 17.3 Å². The van der Waals surface area contributed by atoms with Crippen molar-refractivity contribution in [1.82, 2.24) is 8.87 Å². The van der Waals surface area contributed by atoms with Gasteiger partial charge in [0, 0.05) is 30.0 Å². The van der Waals surface area contributed by atoms with Gasteiger partial charge in [0.1, 0.15) is 5.82 Å². The summed E-state index contributed by atoms with van der Waals surface area (Å²) in [6.07, 6.45) is 1.93. The second-order valence-electron chi connectivity index (χ2n) is 6.15. The topological polar surface area (TPSA) is 42.3 Å². The number of benzene rings is 2. The van der Waals surface area contributed by atoms with Crippen LogP contribution in [0, 0.1) is 5.82 Å². The molecule has 134 valence electrons. The van der Waals surface area contributed by atoms with Gasteiger partial charge in [-0.3, -0.25) is 0 Å². The maximum Gasteiger partial charge on any atom is 0.244 e. The molecule has 4 nitrogen and oxygen atoms in total. The van der Waals surface area contributed by atoms with E-state index in [1.165, 1.54) is 28.6 Å². The van der Waals surface area contributed by atoms with Crippen LogP contribution in [0.4, 0.5) is 4.39 Å². The zero-order valence-electron chi connectivity index (χ0n) is 13.7. The molecule has 1 atom stereocenters. The molecule has 2 heterocycles. The van der Waals surface area contributed by atoms with Gasteiger partial charge in [-0.2, -0.15) is 4.31 Å². The number of hydrogen-bond donors (Lipinski definition) is 0. The van der Waals surface area contributed by atoms with Crippen LogP contribution in [0.15, 0.2) is 71.8 Å². The molecule has 0 fully saturated rings. The van der Waals surface area contributed by atoms with Gasteiger partial charge in [-0.1, -0.05) is 29.8 Å². The minimum Gasteiger partial charge on any atom is -0.348 e. The molecule has 7 heteroatoms. The summed E-state index contributed by atoms with van der Waals surface area (Å²) in [4.78, 5) is 0.150. The molecule has 0 N–H and O–H groups in total. The summed E-state index contributed by atoms with van der Waals surface area (Å²) >= 11 is 6.00. The predicted octanol–water partition coefficient (Wildman–Crippen LogP) is 4.07. The van der Waals surface area contributed by atoms with Gasteiger partial charge in [0.15, 0.2) is 0 Å². The summed E-state index contributed by atoms with van der Waals surface area (Å²) in [7, 11) is -3.77. The zero-order chi connectivity index (χ0) is 18.3. The molecule has 3 aromatic rings. The van der Waals surface area contributed by atoms with Crippen molar-refractivity contribution in [2.45, 2.75) is 17.5 Å². The molecule has 26 heavy (non-hydrogen) atoms. The third-order valence-corrected chi connectivity index (χ3v) is 6.68. The SMILES string of the molecule is O=S(=O)(c1cccc(Cl)c1)N1CCn2cccc2[C@H]1c1ccc(F)cc1. The van der Waals surface area contributed by atoms with E-state index in [9.17, 15) is 12.8 Å². The Hall–Kier alpha value is -2.15. The van der Waals surface area contributed by atoms with Crippen LogP contribution < -0.4 is 0 Å². The molecule has 2 aromatic carbocycles. The summed E-state index contributed by atoms with van der Waals surface area (Å²) in [5, 5.41) is 0.366. The van der Waals surface area contributed by atoms with E-state index in [4.69, 9.17) is 11.6 Å². The zero-order valence-corrected chi connectivity index (χ0v) is 15.3. The van der Waals surface area contributed by atoms with Crippen molar-refractivity contribution in [3.05, 3.63) is 89.0 Å². The molecular weight excluding hydrogens is 375 g/mol. The van der Waals surface area contributed by atoms with E-state index in [2.05, 4.69) is 0 Å². The normalized spacial score (nSPS) is 17.8. The highest BCUT2D eigenvalue weighted by Crippen LogP contribution is 2.36. The molecule has 1 aliphatic heterocycles. The van der Waals surface area contributed by atoms with E-state index in [1.54, 1.807) is 24.3 Å². The molecule has 0 spiro atoms. The quantitative estimate of drug-likeness (QED) is 0.676. The standard InChI is InChI=1S/C19H16ClFN2O2S/c20-15-3-1-4-17(13-15)26(24,25)23-12-11-22-10-2-5-18(22)19(23)14-6-8-16(21)9-7-14/h1-10,13,19H,11-12H2/t19-/m1/s1. The molecule has 1 aliphatic rings. The average molecular weight is 391 g/mol. The second-order valence-corrected chi connectivity index (χ2v) is 8.48. The molecular formula is C19H16ClFN2O2S. The highest BCUT2D eigenvalue weighted by atomic mass is 35.5. The largest absolute Gasteiger partial charge is 0.348 e. The van der Waals surface area contributed by atoms with E-state index in [0.29, 0.717) is 18.1 Å². The van der Waals surface area contributed by atoms with Gasteiger partial charge >= 0.3 is 0 Å². The maximum absolute atomic E-state index is 13.4. The Morgan fingerprint density at radius 2 is 1.77 bits per heavy atom. The summed E-state index contributed by atoms with van der Waals surface area (Å²) in [5.41, 5.74) is 1.57. The Balaban J connectivity index is 1.85. The van der Waals surface area contributed by atoms with Crippen molar-refractivity contribution in [1.29, 1.82) is 0 Å². The first-order valence-electron chi connectivity index (χ1n) is 8.15. The predicted molar refractivity (Wildman–Crippen MR) is 98.0 cm³/mol. The van der Waals surface area contributed by atoms with Crippen LogP contribution in [0.5, 0.6) is 0 Å². The van der Waals surface area contributed by atoms with E-state index < -0.39 is 16.1 Å². The highest BCUT2D eigenvalue weighted by Gasteiger charge is 2.37. The Morgan fingerprint density at radius 1 is 1.00 bits per heavy atom. The number of aromatic nitrogens is 1. The van der Waals surface area contributed by atoms with Crippen molar-refractivity contribution in [3.8, 4) is 0 Å². The Bertz CT molecular complexity index is 1050. The minimum absolute atomic E-state index is 0.150. The van der Waals surface area contributed by atoms with Crippen molar-refractivity contribution in [2.75, 3.05) is 6.54 Å². The number of sulfonamides is 1. The fourth-order valence-electron chi connectivity index (χ4n) is 3.37. The maximum atomic E-state index is 13.4.